The van der Waals surface area contributed by atoms with Gasteiger partial charge in [0.1, 0.15) is 17.5 Å². The zero-order valence-electron chi connectivity index (χ0n) is 13.4. The predicted octanol–water partition coefficient (Wildman–Crippen LogP) is 2.77. The smallest absolute Gasteiger partial charge is 0.151 e. The molecule has 0 atom stereocenters. The van der Waals surface area contributed by atoms with Crippen LogP contribution in [-0.2, 0) is 12.2 Å². The van der Waals surface area contributed by atoms with Gasteiger partial charge in [0.15, 0.2) is 5.82 Å². The normalized spacial score (nSPS) is 18.0. The highest BCUT2D eigenvalue weighted by atomic mass is 19.1. The van der Waals surface area contributed by atoms with Crippen molar-refractivity contribution in [3.8, 4) is 0 Å². The minimum atomic E-state index is -1.37. The first-order chi connectivity index (χ1) is 11.7. The molecule has 124 valence electrons. The minimum absolute atomic E-state index is 0.328. The van der Waals surface area contributed by atoms with Gasteiger partial charge < -0.3 is 5.73 Å². The van der Waals surface area contributed by atoms with E-state index in [2.05, 4.69) is 27.1 Å². The van der Waals surface area contributed by atoms with Crippen molar-refractivity contribution in [1.82, 2.24) is 19.5 Å². The summed E-state index contributed by atoms with van der Waals surface area (Å²) < 4.78 is 17.2. The Morgan fingerprint density at radius 3 is 2.62 bits per heavy atom. The standard InChI is InChI=1S/C18H20FN5/c19-18(15-6-9-24-16(15)17(20)21-13-22-24)7-10-23(11-8-18)12-14-4-2-1-3-5-14/h1-6,9,13H,7-8,10-12H2,(H2,20,21,22). The molecule has 4 rings (SSSR count). The third kappa shape index (κ3) is 2.63. The number of fused-ring (bicyclic) bond motifs is 1. The molecule has 1 aliphatic heterocycles. The van der Waals surface area contributed by atoms with E-state index in [0.29, 0.717) is 29.7 Å². The van der Waals surface area contributed by atoms with Gasteiger partial charge in [0.2, 0.25) is 0 Å². The van der Waals surface area contributed by atoms with Crippen LogP contribution in [0.5, 0.6) is 0 Å². The van der Waals surface area contributed by atoms with Crippen LogP contribution in [0, 0.1) is 0 Å². The van der Waals surface area contributed by atoms with Gasteiger partial charge in [-0.05, 0) is 24.5 Å². The van der Waals surface area contributed by atoms with Crippen LogP contribution < -0.4 is 5.73 Å². The molecule has 3 aromatic rings. The maximum absolute atomic E-state index is 15.6. The van der Waals surface area contributed by atoms with E-state index in [0.717, 1.165) is 19.6 Å². The van der Waals surface area contributed by atoms with Crippen LogP contribution in [-0.4, -0.2) is 32.6 Å². The van der Waals surface area contributed by atoms with Crippen LogP contribution in [0.1, 0.15) is 24.0 Å². The van der Waals surface area contributed by atoms with Crippen LogP contribution in [0.4, 0.5) is 10.2 Å². The second-order valence-electron chi connectivity index (χ2n) is 6.39. The topological polar surface area (TPSA) is 59.4 Å². The molecule has 1 saturated heterocycles. The molecule has 1 fully saturated rings. The first-order valence-corrected chi connectivity index (χ1v) is 8.19. The minimum Gasteiger partial charge on any atom is -0.382 e. The number of anilines is 1. The fourth-order valence-electron chi connectivity index (χ4n) is 3.52. The lowest BCUT2D eigenvalue weighted by molar-refractivity contribution is 0.0538. The Kier molecular flexibility index (Phi) is 3.69. The molecule has 0 bridgehead atoms. The lowest BCUT2D eigenvalue weighted by Crippen LogP contribution is -2.39. The highest BCUT2D eigenvalue weighted by Gasteiger charge is 2.38. The van der Waals surface area contributed by atoms with Gasteiger partial charge in [-0.15, -0.1) is 0 Å². The Hall–Kier alpha value is -2.47. The van der Waals surface area contributed by atoms with Gasteiger partial charge in [-0.3, -0.25) is 4.90 Å². The fraction of sp³-hybridized carbons (Fsp3) is 0.333. The summed E-state index contributed by atoms with van der Waals surface area (Å²) in [6.45, 7) is 2.30. The largest absolute Gasteiger partial charge is 0.382 e. The van der Waals surface area contributed by atoms with E-state index in [1.54, 1.807) is 16.8 Å². The number of likely N-dealkylation sites (tertiary alicyclic amines) is 1. The van der Waals surface area contributed by atoms with Gasteiger partial charge >= 0.3 is 0 Å². The molecule has 24 heavy (non-hydrogen) atoms. The number of piperidine rings is 1. The van der Waals surface area contributed by atoms with Crippen molar-refractivity contribution in [2.24, 2.45) is 0 Å². The number of rotatable bonds is 3. The molecule has 3 heterocycles. The van der Waals surface area contributed by atoms with Gasteiger partial charge in [-0.1, -0.05) is 30.3 Å². The number of nitrogens with two attached hydrogens (primary N) is 1. The van der Waals surface area contributed by atoms with Crippen molar-refractivity contribution >= 4 is 11.3 Å². The average Bonchev–Trinajstić information content (AvgIpc) is 3.05. The number of halogens is 1. The lowest BCUT2D eigenvalue weighted by atomic mass is 9.86. The van der Waals surface area contributed by atoms with Crippen LogP contribution in [0.2, 0.25) is 0 Å². The lowest BCUT2D eigenvalue weighted by Gasteiger charge is -2.36. The summed E-state index contributed by atoms with van der Waals surface area (Å²) in [6, 6.07) is 12.1. The predicted molar refractivity (Wildman–Crippen MR) is 91.1 cm³/mol. The molecular weight excluding hydrogens is 305 g/mol. The number of aromatic nitrogens is 3. The number of benzene rings is 1. The number of alkyl halides is 1. The molecule has 2 N–H and O–H groups in total. The summed E-state index contributed by atoms with van der Waals surface area (Å²) in [6.07, 6.45) is 4.04. The van der Waals surface area contributed by atoms with E-state index in [1.807, 2.05) is 18.2 Å². The monoisotopic (exact) mass is 325 g/mol. The molecule has 2 aromatic heterocycles. The van der Waals surface area contributed by atoms with Gasteiger partial charge in [0, 0.05) is 31.4 Å². The molecule has 0 amide bonds. The first-order valence-electron chi connectivity index (χ1n) is 8.19. The fourth-order valence-corrected chi connectivity index (χ4v) is 3.52. The molecule has 1 aliphatic rings. The quantitative estimate of drug-likeness (QED) is 0.804. The molecule has 6 heteroatoms. The molecule has 0 unspecified atom stereocenters. The van der Waals surface area contributed by atoms with Crippen molar-refractivity contribution in [1.29, 1.82) is 0 Å². The number of nitrogen functional groups attached to an aromatic ring is 1. The summed E-state index contributed by atoms with van der Waals surface area (Å²) in [5, 5.41) is 4.11. The van der Waals surface area contributed by atoms with Gasteiger partial charge in [0.05, 0.1) is 0 Å². The number of nitrogens with zero attached hydrogens (tertiary/aromatic N) is 4. The third-order valence-electron chi connectivity index (χ3n) is 4.86. The molecule has 1 aromatic carbocycles. The molecule has 0 spiro atoms. The first kappa shape index (κ1) is 15.1. The molecule has 0 aliphatic carbocycles. The van der Waals surface area contributed by atoms with E-state index >= 15 is 4.39 Å². The van der Waals surface area contributed by atoms with E-state index in [9.17, 15) is 0 Å². The van der Waals surface area contributed by atoms with Crippen LogP contribution in [0.25, 0.3) is 5.52 Å². The summed E-state index contributed by atoms with van der Waals surface area (Å²) in [7, 11) is 0. The Morgan fingerprint density at radius 2 is 1.88 bits per heavy atom. The molecule has 0 saturated carbocycles. The van der Waals surface area contributed by atoms with Crippen molar-refractivity contribution in [2.45, 2.75) is 25.1 Å². The summed E-state index contributed by atoms with van der Waals surface area (Å²) in [4.78, 5) is 6.30. The van der Waals surface area contributed by atoms with Crippen LogP contribution in [0.3, 0.4) is 0 Å². The zero-order valence-corrected chi connectivity index (χ0v) is 13.4. The highest BCUT2D eigenvalue weighted by molar-refractivity contribution is 5.71. The number of hydrogen-bond acceptors (Lipinski definition) is 4. The Balaban J connectivity index is 1.53. The summed E-state index contributed by atoms with van der Waals surface area (Å²) in [5.41, 5.74) is 7.04. The Labute approximate surface area is 139 Å². The van der Waals surface area contributed by atoms with Gasteiger partial charge in [-0.2, -0.15) is 5.10 Å². The maximum Gasteiger partial charge on any atom is 0.151 e. The highest BCUT2D eigenvalue weighted by Crippen LogP contribution is 2.40. The summed E-state index contributed by atoms with van der Waals surface area (Å²) in [5.74, 6) is 0.328. The Morgan fingerprint density at radius 1 is 1.12 bits per heavy atom. The van der Waals surface area contributed by atoms with E-state index in [1.165, 1.54) is 11.9 Å². The Bertz CT molecular complexity index is 837. The maximum atomic E-state index is 15.6. The van der Waals surface area contributed by atoms with E-state index in [4.69, 9.17) is 5.73 Å². The van der Waals surface area contributed by atoms with Crippen LogP contribution in [0.15, 0.2) is 48.9 Å². The van der Waals surface area contributed by atoms with Crippen molar-refractivity contribution < 1.29 is 4.39 Å². The molecule has 5 nitrogen and oxygen atoms in total. The van der Waals surface area contributed by atoms with E-state index < -0.39 is 5.67 Å². The van der Waals surface area contributed by atoms with Crippen molar-refractivity contribution in [3.05, 3.63) is 60.0 Å². The average molecular weight is 325 g/mol. The van der Waals surface area contributed by atoms with Gasteiger partial charge in [0.25, 0.3) is 0 Å². The van der Waals surface area contributed by atoms with Gasteiger partial charge in [-0.25, -0.2) is 13.9 Å². The second kappa shape index (κ2) is 5.87. The molecule has 0 radical (unpaired) electrons. The second-order valence-corrected chi connectivity index (χ2v) is 6.39. The number of hydrogen-bond donors (Lipinski definition) is 1. The zero-order chi connectivity index (χ0) is 16.6. The van der Waals surface area contributed by atoms with Crippen LogP contribution >= 0.6 is 0 Å². The van der Waals surface area contributed by atoms with Crippen molar-refractivity contribution in [3.63, 3.8) is 0 Å². The van der Waals surface area contributed by atoms with Crippen molar-refractivity contribution in [2.75, 3.05) is 18.8 Å². The molecular formula is C18H20FN5. The van der Waals surface area contributed by atoms with E-state index in [-0.39, 0.29) is 0 Å². The SMILES string of the molecule is Nc1ncnn2ccc(C3(F)CCN(Cc4ccccc4)CC3)c12. The third-order valence-corrected chi connectivity index (χ3v) is 4.86. The summed E-state index contributed by atoms with van der Waals surface area (Å²) >= 11 is 0.